The lowest BCUT2D eigenvalue weighted by atomic mass is 10.3. The molecule has 0 bridgehead atoms. The van der Waals surface area contributed by atoms with Gasteiger partial charge in [0.25, 0.3) is 0 Å². The van der Waals surface area contributed by atoms with Crippen LogP contribution in [0.2, 0.25) is 0 Å². The van der Waals surface area contributed by atoms with Crippen LogP contribution in [0, 0.1) is 0 Å². The molecule has 0 aromatic carbocycles. The van der Waals surface area contributed by atoms with Gasteiger partial charge in [0.1, 0.15) is 0 Å². The fraction of sp³-hybridized carbons (Fsp3) is 0.778. The first-order valence-corrected chi connectivity index (χ1v) is 6.18. The molecule has 0 amide bonds. The molecule has 5 nitrogen and oxygen atoms in total. The molecule has 0 spiro atoms. The maximum atomic E-state index is 5.41. The van der Waals surface area contributed by atoms with Crippen LogP contribution in [0.5, 0.6) is 0 Å². The molecule has 0 saturated carbocycles. The first-order valence-electron chi connectivity index (χ1n) is 5.13. The van der Waals surface area contributed by atoms with Gasteiger partial charge >= 0.3 is 0 Å². The van der Waals surface area contributed by atoms with Crippen molar-refractivity contribution in [1.82, 2.24) is 15.0 Å². The van der Waals surface area contributed by atoms with Crippen LogP contribution in [0.25, 0.3) is 0 Å². The SMILES string of the molecule is CC1CN(Cc2noc(CN)n2)CCS1.Cl. The maximum Gasteiger partial charge on any atom is 0.240 e. The number of nitrogens with zero attached hydrogens (tertiary/aromatic N) is 3. The molecule has 1 aromatic heterocycles. The van der Waals surface area contributed by atoms with E-state index in [9.17, 15) is 0 Å². The molecule has 1 unspecified atom stereocenters. The van der Waals surface area contributed by atoms with Gasteiger partial charge in [0.05, 0.1) is 13.1 Å². The second-order valence-corrected chi connectivity index (χ2v) is 5.27. The average molecular weight is 265 g/mol. The zero-order chi connectivity index (χ0) is 10.7. The van der Waals surface area contributed by atoms with Crippen molar-refractivity contribution in [2.24, 2.45) is 5.73 Å². The molecule has 1 aromatic rings. The molecule has 7 heteroatoms. The van der Waals surface area contributed by atoms with Gasteiger partial charge in [-0.3, -0.25) is 4.90 Å². The minimum Gasteiger partial charge on any atom is -0.338 e. The van der Waals surface area contributed by atoms with Crippen LogP contribution in [0.1, 0.15) is 18.6 Å². The molecule has 1 aliphatic heterocycles. The molecule has 1 fully saturated rings. The van der Waals surface area contributed by atoms with Gasteiger partial charge in [0, 0.05) is 24.1 Å². The van der Waals surface area contributed by atoms with E-state index in [0.717, 1.165) is 25.5 Å². The summed E-state index contributed by atoms with van der Waals surface area (Å²) in [6.45, 7) is 5.53. The monoisotopic (exact) mass is 264 g/mol. The lowest BCUT2D eigenvalue weighted by Crippen LogP contribution is -2.36. The Labute approximate surface area is 106 Å². The van der Waals surface area contributed by atoms with Crippen LogP contribution in [-0.4, -0.2) is 39.1 Å². The Balaban J connectivity index is 0.00000128. The van der Waals surface area contributed by atoms with Crippen molar-refractivity contribution >= 4 is 24.2 Å². The summed E-state index contributed by atoms with van der Waals surface area (Å²) in [5.41, 5.74) is 5.41. The molecule has 1 saturated heterocycles. The van der Waals surface area contributed by atoms with Crippen LogP contribution in [-0.2, 0) is 13.1 Å². The van der Waals surface area contributed by atoms with Gasteiger partial charge in [-0.1, -0.05) is 12.1 Å². The third-order valence-electron chi connectivity index (χ3n) is 2.37. The van der Waals surface area contributed by atoms with E-state index in [1.165, 1.54) is 5.75 Å². The molecule has 16 heavy (non-hydrogen) atoms. The molecular weight excluding hydrogens is 248 g/mol. The highest BCUT2D eigenvalue weighted by Gasteiger charge is 2.18. The first-order chi connectivity index (χ1) is 7.28. The maximum absolute atomic E-state index is 5.41. The predicted molar refractivity (Wildman–Crippen MR) is 66.6 cm³/mol. The number of aromatic nitrogens is 2. The Kier molecular flexibility index (Phi) is 5.54. The predicted octanol–water partition coefficient (Wildman–Crippen LogP) is 0.887. The summed E-state index contributed by atoms with van der Waals surface area (Å²) in [6, 6.07) is 0. The first kappa shape index (κ1) is 13.8. The third-order valence-corrected chi connectivity index (χ3v) is 3.51. The Morgan fingerprint density at radius 2 is 2.44 bits per heavy atom. The molecule has 1 aliphatic rings. The molecule has 2 N–H and O–H groups in total. The number of rotatable bonds is 3. The van der Waals surface area contributed by atoms with Crippen LogP contribution in [0.4, 0.5) is 0 Å². The summed E-state index contributed by atoms with van der Waals surface area (Å²) < 4.78 is 4.96. The van der Waals surface area contributed by atoms with Crippen molar-refractivity contribution in [2.45, 2.75) is 25.3 Å². The van der Waals surface area contributed by atoms with E-state index < -0.39 is 0 Å². The zero-order valence-corrected chi connectivity index (χ0v) is 10.9. The van der Waals surface area contributed by atoms with Crippen LogP contribution in [0.3, 0.4) is 0 Å². The summed E-state index contributed by atoms with van der Waals surface area (Å²) in [5, 5.41) is 4.59. The molecule has 1 atom stereocenters. The van der Waals surface area contributed by atoms with Crippen molar-refractivity contribution in [3.8, 4) is 0 Å². The Morgan fingerprint density at radius 3 is 3.06 bits per heavy atom. The van der Waals surface area contributed by atoms with Gasteiger partial charge in [-0.2, -0.15) is 16.7 Å². The van der Waals surface area contributed by atoms with Crippen molar-refractivity contribution in [3.05, 3.63) is 11.7 Å². The fourth-order valence-electron chi connectivity index (χ4n) is 1.67. The van der Waals surface area contributed by atoms with Crippen LogP contribution < -0.4 is 5.73 Å². The summed E-state index contributed by atoms with van der Waals surface area (Å²) in [7, 11) is 0. The smallest absolute Gasteiger partial charge is 0.240 e. The van der Waals surface area contributed by atoms with E-state index in [2.05, 4.69) is 22.0 Å². The summed E-state index contributed by atoms with van der Waals surface area (Å²) >= 11 is 2.02. The average Bonchev–Trinajstić information content (AvgIpc) is 2.65. The fourth-order valence-corrected chi connectivity index (χ4v) is 2.75. The largest absolute Gasteiger partial charge is 0.338 e. The van der Waals surface area contributed by atoms with Crippen LogP contribution in [0.15, 0.2) is 4.52 Å². The number of hydrogen-bond donors (Lipinski definition) is 1. The van der Waals surface area contributed by atoms with Gasteiger partial charge in [-0.15, -0.1) is 12.4 Å². The van der Waals surface area contributed by atoms with E-state index in [4.69, 9.17) is 10.3 Å². The molecular formula is C9H17ClN4OS. The number of nitrogens with two attached hydrogens (primary N) is 1. The summed E-state index contributed by atoms with van der Waals surface area (Å²) in [4.78, 5) is 6.55. The van der Waals surface area contributed by atoms with Crippen molar-refractivity contribution in [1.29, 1.82) is 0 Å². The quantitative estimate of drug-likeness (QED) is 0.875. The van der Waals surface area contributed by atoms with Crippen molar-refractivity contribution in [2.75, 3.05) is 18.8 Å². The van der Waals surface area contributed by atoms with Gasteiger partial charge < -0.3 is 10.3 Å². The van der Waals surface area contributed by atoms with E-state index in [1.54, 1.807) is 0 Å². The topological polar surface area (TPSA) is 68.2 Å². The molecule has 0 radical (unpaired) electrons. The third kappa shape index (κ3) is 3.62. The molecule has 0 aliphatic carbocycles. The normalized spacial score (nSPS) is 21.8. The zero-order valence-electron chi connectivity index (χ0n) is 9.26. The minimum absolute atomic E-state index is 0. The highest BCUT2D eigenvalue weighted by Crippen LogP contribution is 2.18. The van der Waals surface area contributed by atoms with Crippen molar-refractivity contribution < 1.29 is 4.52 Å². The molecule has 2 rings (SSSR count). The van der Waals surface area contributed by atoms with Gasteiger partial charge in [-0.05, 0) is 0 Å². The van der Waals surface area contributed by atoms with Crippen molar-refractivity contribution in [3.63, 3.8) is 0 Å². The Hall–Kier alpha value is -0.300. The summed E-state index contributed by atoms with van der Waals surface area (Å²) in [6.07, 6.45) is 0. The van der Waals surface area contributed by atoms with E-state index >= 15 is 0 Å². The van der Waals surface area contributed by atoms with E-state index in [0.29, 0.717) is 17.7 Å². The minimum atomic E-state index is 0. The van der Waals surface area contributed by atoms with Gasteiger partial charge in [-0.25, -0.2) is 0 Å². The Bertz CT molecular complexity index is 322. The lowest BCUT2D eigenvalue weighted by Gasteiger charge is -2.29. The molecule has 92 valence electrons. The highest BCUT2D eigenvalue weighted by atomic mass is 35.5. The van der Waals surface area contributed by atoms with Gasteiger partial charge in [0.2, 0.25) is 5.89 Å². The lowest BCUT2D eigenvalue weighted by molar-refractivity contribution is 0.265. The number of halogens is 1. The van der Waals surface area contributed by atoms with E-state index in [-0.39, 0.29) is 12.4 Å². The standard InChI is InChI=1S/C9H16N4OS.ClH/c1-7-5-13(2-3-15-7)6-8-11-9(4-10)14-12-8;/h7H,2-6,10H2,1H3;1H. The summed E-state index contributed by atoms with van der Waals surface area (Å²) in [5.74, 6) is 2.45. The number of hydrogen-bond acceptors (Lipinski definition) is 6. The molecule has 2 heterocycles. The second kappa shape index (κ2) is 6.44. The van der Waals surface area contributed by atoms with Crippen LogP contribution >= 0.6 is 24.2 Å². The van der Waals surface area contributed by atoms with E-state index in [1.807, 2.05) is 11.8 Å². The van der Waals surface area contributed by atoms with Gasteiger partial charge in [0.15, 0.2) is 5.82 Å². The number of thioether (sulfide) groups is 1. The highest BCUT2D eigenvalue weighted by molar-refractivity contribution is 7.99. The second-order valence-electron chi connectivity index (χ2n) is 3.72. The Morgan fingerprint density at radius 1 is 1.62 bits per heavy atom.